The minimum atomic E-state index is -0.782. The number of aliphatic imine (C=N–C) groups is 1. The Morgan fingerprint density at radius 2 is 1.87 bits per heavy atom. The fraction of sp³-hybridized carbons (Fsp3) is 0.269. The maximum absolute atomic E-state index is 13.7. The van der Waals surface area contributed by atoms with Crippen molar-refractivity contribution in [3.63, 3.8) is 0 Å². The highest BCUT2D eigenvalue weighted by Crippen LogP contribution is 2.42. The van der Waals surface area contributed by atoms with Crippen molar-refractivity contribution < 1.29 is 9.53 Å². The minimum Gasteiger partial charge on any atom is -0.479 e. The molecule has 38 heavy (non-hydrogen) atoms. The number of rotatable bonds is 7. The van der Waals surface area contributed by atoms with Gasteiger partial charge < -0.3 is 20.4 Å². The molecule has 1 aliphatic heterocycles. The second kappa shape index (κ2) is 10.8. The van der Waals surface area contributed by atoms with E-state index in [1.807, 2.05) is 13.8 Å². The van der Waals surface area contributed by atoms with Crippen LogP contribution in [0.25, 0.3) is 0 Å². The Kier molecular flexibility index (Phi) is 7.75. The summed E-state index contributed by atoms with van der Waals surface area (Å²) in [6, 6.07) is 7.66. The van der Waals surface area contributed by atoms with Gasteiger partial charge in [-0.2, -0.15) is 4.98 Å². The predicted molar refractivity (Wildman–Crippen MR) is 150 cm³/mol. The van der Waals surface area contributed by atoms with E-state index in [4.69, 9.17) is 38.7 Å². The number of carbonyl (C=O) groups is 1. The molecular weight excluding hydrogens is 529 g/mol. The maximum atomic E-state index is 13.7. The molecule has 198 valence electrons. The Morgan fingerprint density at radius 3 is 2.47 bits per heavy atom. The summed E-state index contributed by atoms with van der Waals surface area (Å²) in [6.07, 6.45) is 3.00. The van der Waals surface area contributed by atoms with E-state index >= 15 is 0 Å². The van der Waals surface area contributed by atoms with Crippen molar-refractivity contribution >= 4 is 52.1 Å². The van der Waals surface area contributed by atoms with Crippen molar-refractivity contribution in [1.29, 1.82) is 0 Å². The summed E-state index contributed by atoms with van der Waals surface area (Å²) in [7, 11) is 4.74. The number of methoxy groups -OCH3 is 1. The molecule has 0 saturated heterocycles. The van der Waals surface area contributed by atoms with Gasteiger partial charge in [0.2, 0.25) is 11.8 Å². The molecule has 3 N–H and O–H groups in total. The summed E-state index contributed by atoms with van der Waals surface area (Å²) >= 11 is 12.5. The molecule has 1 atom stereocenters. The van der Waals surface area contributed by atoms with E-state index in [2.05, 4.69) is 15.3 Å². The molecule has 10 nitrogen and oxygen atoms in total. The topological polar surface area (TPSA) is 128 Å². The Balaban J connectivity index is 1.98. The predicted octanol–water partition coefficient (Wildman–Crippen LogP) is 4.26. The van der Waals surface area contributed by atoms with Gasteiger partial charge in [-0.15, -0.1) is 0 Å². The molecular formula is C26H27Cl2N7O3. The lowest BCUT2D eigenvalue weighted by molar-refractivity contribution is -0.114. The number of pyridine rings is 1. The Bertz CT molecular complexity index is 1510. The number of amides is 1. The highest BCUT2D eigenvalue weighted by Gasteiger charge is 2.43. The van der Waals surface area contributed by atoms with Gasteiger partial charge in [0, 0.05) is 30.9 Å². The van der Waals surface area contributed by atoms with E-state index in [0.717, 1.165) is 0 Å². The van der Waals surface area contributed by atoms with Gasteiger partial charge in [-0.3, -0.25) is 14.5 Å². The summed E-state index contributed by atoms with van der Waals surface area (Å²) in [4.78, 5) is 41.7. The molecule has 0 spiro atoms. The first-order valence-electron chi connectivity index (χ1n) is 11.7. The molecule has 3 heterocycles. The van der Waals surface area contributed by atoms with Crippen molar-refractivity contribution in [3.05, 3.63) is 80.0 Å². The molecule has 0 aliphatic carbocycles. The van der Waals surface area contributed by atoms with Gasteiger partial charge in [0.15, 0.2) is 0 Å². The number of benzene rings is 1. The number of carbonyl (C=O) groups excluding carboxylic acids is 1. The van der Waals surface area contributed by atoms with Gasteiger partial charge >= 0.3 is 0 Å². The maximum Gasteiger partial charge on any atom is 0.275 e. The van der Waals surface area contributed by atoms with Crippen molar-refractivity contribution in [3.8, 4) is 5.88 Å². The molecule has 0 fully saturated rings. The van der Waals surface area contributed by atoms with Crippen LogP contribution in [0.3, 0.4) is 0 Å². The molecule has 12 heteroatoms. The van der Waals surface area contributed by atoms with Gasteiger partial charge in [-0.1, -0.05) is 49.2 Å². The molecule has 1 aliphatic rings. The third-order valence-electron chi connectivity index (χ3n) is 6.06. The molecule has 4 rings (SSSR count). The fourth-order valence-corrected chi connectivity index (χ4v) is 4.67. The molecule has 0 radical (unpaired) electrons. The lowest BCUT2D eigenvalue weighted by Crippen LogP contribution is -2.37. The van der Waals surface area contributed by atoms with E-state index in [-0.39, 0.29) is 23.2 Å². The zero-order chi connectivity index (χ0) is 27.7. The summed E-state index contributed by atoms with van der Waals surface area (Å²) in [6.45, 7) is 3.86. The highest BCUT2D eigenvalue weighted by molar-refractivity contribution is 6.31. The monoisotopic (exact) mass is 555 g/mol. The average molecular weight is 556 g/mol. The number of hydrogen-bond donors (Lipinski definition) is 2. The zero-order valence-electron chi connectivity index (χ0n) is 21.5. The summed E-state index contributed by atoms with van der Waals surface area (Å²) in [5.41, 5.74) is 8.16. The number of halogens is 2. The average Bonchev–Trinajstić information content (AvgIpc) is 3.14. The lowest BCUT2D eigenvalue weighted by Gasteiger charge is -2.28. The normalized spacial score (nSPS) is 16.0. The highest BCUT2D eigenvalue weighted by atomic mass is 35.5. The number of aryl methyl sites for hydroxylation is 1. The number of hydrogen-bond acceptors (Lipinski definition) is 8. The van der Waals surface area contributed by atoms with Gasteiger partial charge in [0.25, 0.3) is 11.5 Å². The molecule has 0 bridgehead atoms. The number of anilines is 2. The Morgan fingerprint density at radius 1 is 1.18 bits per heavy atom. The third kappa shape index (κ3) is 4.97. The van der Waals surface area contributed by atoms with Crippen LogP contribution in [-0.4, -0.2) is 40.3 Å². The van der Waals surface area contributed by atoms with Gasteiger partial charge in [0.05, 0.1) is 30.1 Å². The number of aromatic nitrogens is 3. The summed E-state index contributed by atoms with van der Waals surface area (Å²) in [5, 5.41) is 3.67. The van der Waals surface area contributed by atoms with Crippen LogP contribution >= 0.6 is 23.2 Å². The SMILES string of the molecule is CNc1ncc(N=C(C2=C(N)C(=O)N(c3cc(Cl)cn(C)c3=O)C2c2ccc(Cl)cc2)C(C)C)c(OC)n1. The molecule has 3 aromatic rings. The lowest BCUT2D eigenvalue weighted by atomic mass is 9.90. The number of nitrogens with two attached hydrogens (primary N) is 1. The van der Waals surface area contributed by atoms with Gasteiger partial charge in [0.1, 0.15) is 17.1 Å². The summed E-state index contributed by atoms with van der Waals surface area (Å²) in [5.74, 6) is -0.123. The zero-order valence-corrected chi connectivity index (χ0v) is 23.0. The fourth-order valence-electron chi connectivity index (χ4n) is 4.29. The molecule has 0 saturated carbocycles. The molecule has 1 aromatic carbocycles. The molecule has 1 unspecified atom stereocenters. The molecule has 2 aromatic heterocycles. The van der Waals surface area contributed by atoms with Crippen molar-refractivity contribution in [1.82, 2.24) is 14.5 Å². The first-order chi connectivity index (χ1) is 18.1. The Labute approximate surface area is 229 Å². The first kappa shape index (κ1) is 27.2. The quantitative estimate of drug-likeness (QED) is 0.416. The van der Waals surface area contributed by atoms with Crippen molar-refractivity contribution in [2.24, 2.45) is 23.7 Å². The van der Waals surface area contributed by atoms with Crippen LogP contribution in [0.2, 0.25) is 10.0 Å². The van der Waals surface area contributed by atoms with E-state index in [1.165, 1.54) is 35.0 Å². The van der Waals surface area contributed by atoms with E-state index in [9.17, 15) is 9.59 Å². The number of nitrogens with zero attached hydrogens (tertiary/aromatic N) is 5. The third-order valence-corrected chi connectivity index (χ3v) is 6.52. The van der Waals surface area contributed by atoms with Gasteiger partial charge in [-0.05, 0) is 29.7 Å². The van der Waals surface area contributed by atoms with Crippen molar-refractivity contribution in [2.45, 2.75) is 19.9 Å². The van der Waals surface area contributed by atoms with Crippen LogP contribution < -0.4 is 26.2 Å². The van der Waals surface area contributed by atoms with E-state index in [1.54, 1.807) is 38.4 Å². The van der Waals surface area contributed by atoms with Crippen LogP contribution in [0, 0.1) is 5.92 Å². The number of nitrogens with one attached hydrogen (secondary N) is 1. The van der Waals surface area contributed by atoms with E-state index < -0.39 is 17.5 Å². The Hall–Kier alpha value is -3.89. The number of ether oxygens (including phenoxy) is 1. The van der Waals surface area contributed by atoms with Gasteiger partial charge in [-0.25, -0.2) is 9.98 Å². The second-order valence-electron chi connectivity index (χ2n) is 8.91. The van der Waals surface area contributed by atoms with Crippen LogP contribution in [0.4, 0.5) is 17.3 Å². The second-order valence-corrected chi connectivity index (χ2v) is 9.78. The van der Waals surface area contributed by atoms with Crippen LogP contribution in [-0.2, 0) is 11.8 Å². The smallest absolute Gasteiger partial charge is 0.275 e. The van der Waals surface area contributed by atoms with Crippen molar-refractivity contribution in [2.75, 3.05) is 24.4 Å². The summed E-state index contributed by atoms with van der Waals surface area (Å²) < 4.78 is 6.76. The first-order valence-corrected chi connectivity index (χ1v) is 12.5. The minimum absolute atomic E-state index is 0.0360. The van der Waals surface area contributed by atoms with Crippen LogP contribution in [0.15, 0.2) is 63.8 Å². The van der Waals surface area contributed by atoms with Crippen LogP contribution in [0.5, 0.6) is 5.88 Å². The largest absolute Gasteiger partial charge is 0.479 e. The standard InChI is InChI=1S/C26H27Cl2N7O3/c1-13(2)21(32-17-11-31-26(30-3)33-23(17)38-5)19-20(29)25(37)35(18-10-16(28)12-34(4)24(18)36)22(19)14-6-8-15(27)9-7-14/h6-13,22H,29H2,1-5H3,(H,30,31,33). The van der Waals surface area contributed by atoms with E-state index in [0.29, 0.717) is 38.5 Å². The van der Waals surface area contributed by atoms with Crippen LogP contribution in [0.1, 0.15) is 25.5 Å². The molecule has 1 amide bonds.